The van der Waals surface area contributed by atoms with Gasteiger partial charge in [0.1, 0.15) is 5.82 Å². The lowest BCUT2D eigenvalue weighted by atomic mass is 10.2. The van der Waals surface area contributed by atoms with E-state index in [-0.39, 0.29) is 12.5 Å². The zero-order valence-corrected chi connectivity index (χ0v) is 10.5. The van der Waals surface area contributed by atoms with Crippen LogP contribution in [0.1, 0.15) is 24.2 Å². The molecule has 0 heterocycles. The molecule has 0 radical (unpaired) electrons. The molecule has 18 heavy (non-hydrogen) atoms. The predicted octanol–water partition coefficient (Wildman–Crippen LogP) is 1.33. The zero-order chi connectivity index (χ0) is 13.5. The molecule has 2 amide bonds. The van der Waals surface area contributed by atoms with Crippen molar-refractivity contribution in [3.63, 3.8) is 0 Å². The van der Waals surface area contributed by atoms with Crippen molar-refractivity contribution in [1.29, 1.82) is 0 Å². The summed E-state index contributed by atoms with van der Waals surface area (Å²) in [6.45, 7) is 4.46. The lowest BCUT2D eigenvalue weighted by molar-refractivity contribution is -0.120. The van der Waals surface area contributed by atoms with Gasteiger partial charge in [-0.3, -0.25) is 9.59 Å². The Labute approximate surface area is 106 Å². The van der Waals surface area contributed by atoms with Gasteiger partial charge in [-0.1, -0.05) is 13.8 Å². The zero-order valence-electron chi connectivity index (χ0n) is 10.5. The second-order valence-corrected chi connectivity index (χ2v) is 4.39. The molecule has 0 saturated carbocycles. The van der Waals surface area contributed by atoms with E-state index in [9.17, 15) is 14.0 Å². The van der Waals surface area contributed by atoms with Gasteiger partial charge in [-0.05, 0) is 30.2 Å². The molecule has 0 aliphatic rings. The second kappa shape index (κ2) is 6.74. The summed E-state index contributed by atoms with van der Waals surface area (Å²) < 4.78 is 12.6. The molecule has 1 aromatic rings. The van der Waals surface area contributed by atoms with Gasteiger partial charge < -0.3 is 10.6 Å². The third-order valence-corrected chi connectivity index (χ3v) is 2.22. The minimum absolute atomic E-state index is 0.0804. The molecule has 0 aliphatic heterocycles. The van der Waals surface area contributed by atoms with Crippen LogP contribution in [0.5, 0.6) is 0 Å². The molecule has 4 nitrogen and oxygen atoms in total. The van der Waals surface area contributed by atoms with E-state index in [1.165, 1.54) is 24.3 Å². The minimum Gasteiger partial charge on any atom is -0.354 e. The molecule has 1 rings (SSSR count). The fourth-order valence-corrected chi connectivity index (χ4v) is 1.24. The monoisotopic (exact) mass is 252 g/mol. The van der Waals surface area contributed by atoms with E-state index in [4.69, 9.17) is 0 Å². The Hall–Kier alpha value is -1.91. The van der Waals surface area contributed by atoms with Gasteiger partial charge in [0.2, 0.25) is 5.91 Å². The summed E-state index contributed by atoms with van der Waals surface area (Å²) in [4.78, 5) is 22.9. The van der Waals surface area contributed by atoms with E-state index in [0.717, 1.165) is 0 Å². The molecule has 5 heteroatoms. The van der Waals surface area contributed by atoms with Crippen LogP contribution >= 0.6 is 0 Å². The molecule has 98 valence electrons. The van der Waals surface area contributed by atoms with Gasteiger partial charge in [-0.2, -0.15) is 0 Å². The lowest BCUT2D eigenvalue weighted by Gasteiger charge is -2.08. The molecule has 0 atom stereocenters. The van der Waals surface area contributed by atoms with Crippen LogP contribution in [0.3, 0.4) is 0 Å². The Balaban J connectivity index is 2.37. The van der Waals surface area contributed by atoms with Gasteiger partial charge in [0.15, 0.2) is 0 Å². The molecule has 0 saturated heterocycles. The second-order valence-electron chi connectivity index (χ2n) is 4.39. The van der Waals surface area contributed by atoms with E-state index >= 15 is 0 Å². The van der Waals surface area contributed by atoms with Crippen LogP contribution in [-0.4, -0.2) is 24.9 Å². The predicted molar refractivity (Wildman–Crippen MR) is 66.6 cm³/mol. The fraction of sp³-hybridized carbons (Fsp3) is 0.385. The van der Waals surface area contributed by atoms with Crippen molar-refractivity contribution >= 4 is 11.8 Å². The number of carbonyl (C=O) groups excluding carboxylic acids is 2. The summed E-state index contributed by atoms with van der Waals surface area (Å²) in [5.74, 6) is -0.670. The molecule has 0 aromatic heterocycles. The quantitative estimate of drug-likeness (QED) is 0.830. The van der Waals surface area contributed by atoms with Crippen LogP contribution in [0.15, 0.2) is 24.3 Å². The highest BCUT2D eigenvalue weighted by atomic mass is 19.1. The number of benzene rings is 1. The average Bonchev–Trinajstić information content (AvgIpc) is 2.34. The number of hydrogen-bond donors (Lipinski definition) is 2. The highest BCUT2D eigenvalue weighted by Crippen LogP contribution is 2.01. The van der Waals surface area contributed by atoms with E-state index in [0.29, 0.717) is 18.0 Å². The highest BCUT2D eigenvalue weighted by Gasteiger charge is 2.08. The molecule has 0 spiro atoms. The number of hydrogen-bond acceptors (Lipinski definition) is 2. The Morgan fingerprint density at radius 2 is 1.78 bits per heavy atom. The number of amides is 2. The number of nitrogens with one attached hydrogen (secondary N) is 2. The third kappa shape index (κ3) is 4.95. The summed E-state index contributed by atoms with van der Waals surface area (Å²) in [5.41, 5.74) is 0.327. The maximum atomic E-state index is 12.6. The largest absolute Gasteiger partial charge is 0.354 e. The van der Waals surface area contributed by atoms with Crippen LogP contribution in [0.25, 0.3) is 0 Å². The Bertz CT molecular complexity index is 416. The molecular weight excluding hydrogens is 235 g/mol. The summed E-state index contributed by atoms with van der Waals surface area (Å²) in [7, 11) is 0. The van der Waals surface area contributed by atoms with Crippen LogP contribution in [0.4, 0.5) is 4.39 Å². The van der Waals surface area contributed by atoms with Gasteiger partial charge in [0.25, 0.3) is 5.91 Å². The first-order chi connectivity index (χ1) is 8.49. The van der Waals surface area contributed by atoms with E-state index in [1.54, 1.807) is 0 Å². The van der Waals surface area contributed by atoms with E-state index in [1.807, 2.05) is 13.8 Å². The molecule has 1 aromatic carbocycles. The maximum absolute atomic E-state index is 12.6. The summed E-state index contributed by atoms with van der Waals surface area (Å²) in [6, 6.07) is 5.15. The van der Waals surface area contributed by atoms with Crippen molar-refractivity contribution in [3.8, 4) is 0 Å². The third-order valence-electron chi connectivity index (χ3n) is 2.22. The fourth-order valence-electron chi connectivity index (χ4n) is 1.24. The maximum Gasteiger partial charge on any atom is 0.251 e. The molecule has 2 N–H and O–H groups in total. The molecule has 0 unspecified atom stereocenters. The highest BCUT2D eigenvalue weighted by molar-refractivity contribution is 5.96. The Morgan fingerprint density at radius 3 is 2.33 bits per heavy atom. The van der Waals surface area contributed by atoms with Gasteiger partial charge in [0.05, 0.1) is 6.54 Å². The van der Waals surface area contributed by atoms with Crippen molar-refractivity contribution in [2.75, 3.05) is 13.1 Å². The van der Waals surface area contributed by atoms with E-state index < -0.39 is 11.7 Å². The molecule has 0 aliphatic carbocycles. The van der Waals surface area contributed by atoms with Crippen molar-refractivity contribution in [2.45, 2.75) is 13.8 Å². The average molecular weight is 252 g/mol. The number of rotatable bonds is 5. The van der Waals surface area contributed by atoms with Crippen molar-refractivity contribution in [3.05, 3.63) is 35.6 Å². The molecule has 0 bridgehead atoms. The molecular formula is C13H17FN2O2. The van der Waals surface area contributed by atoms with Crippen molar-refractivity contribution in [2.24, 2.45) is 5.92 Å². The topological polar surface area (TPSA) is 58.2 Å². The van der Waals surface area contributed by atoms with Crippen LogP contribution in [0.2, 0.25) is 0 Å². The normalized spacial score (nSPS) is 10.2. The summed E-state index contributed by atoms with van der Waals surface area (Å²) in [6.07, 6.45) is 0. The Morgan fingerprint density at radius 1 is 1.17 bits per heavy atom. The van der Waals surface area contributed by atoms with Gasteiger partial charge in [0, 0.05) is 12.1 Å². The van der Waals surface area contributed by atoms with Crippen molar-refractivity contribution in [1.82, 2.24) is 10.6 Å². The van der Waals surface area contributed by atoms with Crippen LogP contribution in [0, 0.1) is 11.7 Å². The minimum atomic E-state index is -0.402. The smallest absolute Gasteiger partial charge is 0.251 e. The lowest BCUT2D eigenvalue weighted by Crippen LogP contribution is -2.38. The van der Waals surface area contributed by atoms with Gasteiger partial charge >= 0.3 is 0 Å². The van der Waals surface area contributed by atoms with Crippen molar-refractivity contribution < 1.29 is 14.0 Å². The van der Waals surface area contributed by atoms with Crippen LogP contribution in [-0.2, 0) is 4.79 Å². The Kier molecular flexibility index (Phi) is 5.30. The first-order valence-electron chi connectivity index (χ1n) is 5.79. The SMILES string of the molecule is CC(C)CNC(=O)CNC(=O)c1ccc(F)cc1. The van der Waals surface area contributed by atoms with Crippen LogP contribution < -0.4 is 10.6 Å². The first-order valence-corrected chi connectivity index (χ1v) is 5.79. The van der Waals surface area contributed by atoms with Gasteiger partial charge in [-0.25, -0.2) is 4.39 Å². The summed E-state index contributed by atoms with van der Waals surface area (Å²) >= 11 is 0. The molecule has 0 fully saturated rings. The summed E-state index contributed by atoms with van der Waals surface area (Å²) in [5, 5.41) is 5.15. The number of carbonyl (C=O) groups is 2. The van der Waals surface area contributed by atoms with E-state index in [2.05, 4.69) is 10.6 Å². The first kappa shape index (κ1) is 14.2. The number of halogens is 1. The van der Waals surface area contributed by atoms with Gasteiger partial charge in [-0.15, -0.1) is 0 Å². The standard InChI is InChI=1S/C13H17FN2O2/c1-9(2)7-15-12(17)8-16-13(18)10-3-5-11(14)6-4-10/h3-6,9H,7-8H2,1-2H3,(H,15,17)(H,16,18).